The Labute approximate surface area is 76.2 Å². The molecule has 0 saturated heterocycles. The van der Waals surface area contributed by atoms with E-state index in [4.69, 9.17) is 9.84 Å². The molecule has 4 nitrogen and oxygen atoms in total. The number of carboxylic acid groups (broad SMARTS) is 1. The number of hydrogen-bond acceptors (Lipinski definition) is 3. The van der Waals surface area contributed by atoms with Crippen LogP contribution in [-0.4, -0.2) is 23.1 Å². The largest absolute Gasteiger partial charge is 0.481 e. The summed E-state index contributed by atoms with van der Waals surface area (Å²) >= 11 is 0. The van der Waals surface area contributed by atoms with Crippen molar-refractivity contribution >= 4 is 11.9 Å². The molecule has 1 aliphatic rings. The highest BCUT2D eigenvalue weighted by atomic mass is 16.5. The van der Waals surface area contributed by atoms with Gasteiger partial charge in [0.2, 0.25) is 0 Å². The summed E-state index contributed by atoms with van der Waals surface area (Å²) in [6, 6.07) is 0. The van der Waals surface area contributed by atoms with Crippen molar-refractivity contribution in [1.82, 2.24) is 0 Å². The number of carboxylic acids is 1. The van der Waals surface area contributed by atoms with Gasteiger partial charge in [0, 0.05) is 12.0 Å². The van der Waals surface area contributed by atoms with Crippen LogP contribution in [-0.2, 0) is 14.3 Å². The molecule has 0 amide bonds. The molecule has 0 saturated carbocycles. The van der Waals surface area contributed by atoms with Crippen LogP contribution in [0.1, 0.15) is 26.7 Å². The minimum atomic E-state index is -0.855. The van der Waals surface area contributed by atoms with E-state index >= 15 is 0 Å². The first-order valence-electron chi connectivity index (χ1n) is 4.14. The molecule has 0 aromatic carbocycles. The van der Waals surface area contributed by atoms with Crippen LogP contribution in [0.3, 0.4) is 0 Å². The molecule has 0 fully saturated rings. The lowest BCUT2D eigenvalue weighted by molar-refractivity contribution is -0.139. The first-order chi connectivity index (χ1) is 6.02. The Hall–Kier alpha value is -1.32. The van der Waals surface area contributed by atoms with Crippen molar-refractivity contribution in [3.63, 3.8) is 0 Å². The van der Waals surface area contributed by atoms with Crippen molar-refractivity contribution in [2.45, 2.75) is 32.8 Å². The molecule has 1 rings (SSSR count). The van der Waals surface area contributed by atoms with E-state index in [0.29, 0.717) is 12.0 Å². The second-order valence-electron chi connectivity index (χ2n) is 3.09. The van der Waals surface area contributed by atoms with E-state index < -0.39 is 5.97 Å². The van der Waals surface area contributed by atoms with E-state index in [1.165, 1.54) is 0 Å². The van der Waals surface area contributed by atoms with Gasteiger partial charge < -0.3 is 9.84 Å². The molecular weight excluding hydrogens is 172 g/mol. The molecule has 0 bridgehead atoms. The van der Waals surface area contributed by atoms with E-state index in [1.807, 2.05) is 0 Å². The van der Waals surface area contributed by atoms with Gasteiger partial charge in [-0.15, -0.1) is 0 Å². The Morgan fingerprint density at radius 2 is 2.23 bits per heavy atom. The van der Waals surface area contributed by atoms with Crippen molar-refractivity contribution in [1.29, 1.82) is 0 Å². The Kier molecular flexibility index (Phi) is 2.70. The van der Waals surface area contributed by atoms with E-state index in [9.17, 15) is 9.59 Å². The van der Waals surface area contributed by atoms with E-state index in [1.54, 1.807) is 13.8 Å². The van der Waals surface area contributed by atoms with Gasteiger partial charge >= 0.3 is 11.9 Å². The zero-order valence-electron chi connectivity index (χ0n) is 7.66. The van der Waals surface area contributed by atoms with Crippen LogP contribution >= 0.6 is 0 Å². The molecule has 0 aromatic rings. The van der Waals surface area contributed by atoms with E-state index in [2.05, 4.69) is 0 Å². The normalized spacial score (nSPS) is 22.0. The lowest BCUT2D eigenvalue weighted by Crippen LogP contribution is -2.07. The molecule has 1 aliphatic heterocycles. The maximum absolute atomic E-state index is 11.0. The second kappa shape index (κ2) is 3.60. The first-order valence-corrected chi connectivity index (χ1v) is 4.14. The van der Waals surface area contributed by atoms with Crippen LogP contribution in [0.5, 0.6) is 0 Å². The van der Waals surface area contributed by atoms with Crippen LogP contribution in [0.15, 0.2) is 11.1 Å². The van der Waals surface area contributed by atoms with Gasteiger partial charge in [-0.3, -0.25) is 4.79 Å². The molecule has 0 aliphatic carbocycles. The predicted octanol–water partition coefficient (Wildman–Crippen LogP) is 1.11. The summed E-state index contributed by atoms with van der Waals surface area (Å²) in [4.78, 5) is 21.3. The first kappa shape index (κ1) is 9.77. The van der Waals surface area contributed by atoms with Crippen LogP contribution < -0.4 is 0 Å². The Bertz CT molecular complexity index is 277. The lowest BCUT2D eigenvalue weighted by Gasteiger charge is -2.06. The zero-order chi connectivity index (χ0) is 10.0. The van der Waals surface area contributed by atoms with Gasteiger partial charge in [0.15, 0.2) is 0 Å². The second-order valence-corrected chi connectivity index (χ2v) is 3.09. The standard InChI is InChI=1S/C9H12O4/c1-5-7(3-4-8(10)11)6(2)13-9(5)12/h6H,3-4H2,1-2H3,(H,10,11). The molecule has 0 aromatic heterocycles. The van der Waals surface area contributed by atoms with Crippen LogP contribution in [0.2, 0.25) is 0 Å². The van der Waals surface area contributed by atoms with Gasteiger partial charge in [0.05, 0.1) is 0 Å². The third-order valence-electron chi connectivity index (χ3n) is 2.17. The molecular formula is C9H12O4. The van der Waals surface area contributed by atoms with Crippen molar-refractivity contribution < 1.29 is 19.4 Å². The molecule has 0 radical (unpaired) electrons. The Morgan fingerprint density at radius 3 is 2.62 bits per heavy atom. The van der Waals surface area contributed by atoms with Gasteiger partial charge in [0.1, 0.15) is 6.10 Å². The van der Waals surface area contributed by atoms with Crippen molar-refractivity contribution in [3.05, 3.63) is 11.1 Å². The fourth-order valence-electron chi connectivity index (χ4n) is 1.39. The topological polar surface area (TPSA) is 63.6 Å². The number of carbonyl (C=O) groups excluding carboxylic acids is 1. The average molecular weight is 184 g/mol. The molecule has 0 spiro atoms. The molecule has 1 N–H and O–H groups in total. The summed E-state index contributed by atoms with van der Waals surface area (Å²) in [6.45, 7) is 3.43. The number of esters is 1. The molecule has 4 heteroatoms. The number of cyclic esters (lactones) is 1. The number of carbonyl (C=O) groups is 2. The number of rotatable bonds is 3. The van der Waals surface area contributed by atoms with Crippen molar-refractivity contribution in [2.24, 2.45) is 0 Å². The molecule has 1 heterocycles. The highest BCUT2D eigenvalue weighted by molar-refractivity contribution is 5.91. The SMILES string of the molecule is CC1=C(CCC(=O)O)C(C)OC1=O. The summed E-state index contributed by atoms with van der Waals surface area (Å²) < 4.78 is 4.91. The van der Waals surface area contributed by atoms with Crippen molar-refractivity contribution in [2.75, 3.05) is 0 Å². The monoisotopic (exact) mass is 184 g/mol. The van der Waals surface area contributed by atoms with Gasteiger partial charge in [-0.2, -0.15) is 0 Å². The average Bonchev–Trinajstić information content (AvgIpc) is 2.24. The Morgan fingerprint density at radius 1 is 1.62 bits per heavy atom. The highest BCUT2D eigenvalue weighted by Crippen LogP contribution is 2.25. The van der Waals surface area contributed by atoms with Gasteiger partial charge in [-0.1, -0.05) is 0 Å². The fraction of sp³-hybridized carbons (Fsp3) is 0.556. The lowest BCUT2D eigenvalue weighted by atomic mass is 10.0. The fourth-order valence-corrected chi connectivity index (χ4v) is 1.39. The smallest absolute Gasteiger partial charge is 0.334 e. The highest BCUT2D eigenvalue weighted by Gasteiger charge is 2.27. The van der Waals surface area contributed by atoms with Gasteiger partial charge in [0.25, 0.3) is 0 Å². The third-order valence-corrected chi connectivity index (χ3v) is 2.17. The van der Waals surface area contributed by atoms with Gasteiger partial charge in [-0.05, 0) is 25.8 Å². The van der Waals surface area contributed by atoms with Gasteiger partial charge in [-0.25, -0.2) is 4.79 Å². The summed E-state index contributed by atoms with van der Waals surface area (Å²) in [6.07, 6.45) is 0.189. The Balaban J connectivity index is 2.66. The van der Waals surface area contributed by atoms with Crippen LogP contribution in [0, 0.1) is 0 Å². The minimum absolute atomic E-state index is 0.0493. The molecule has 72 valence electrons. The summed E-state index contributed by atoms with van der Waals surface area (Å²) in [7, 11) is 0. The number of ether oxygens (including phenoxy) is 1. The van der Waals surface area contributed by atoms with Crippen molar-refractivity contribution in [3.8, 4) is 0 Å². The minimum Gasteiger partial charge on any atom is -0.481 e. The summed E-state index contributed by atoms with van der Waals surface area (Å²) in [5.74, 6) is -1.18. The van der Waals surface area contributed by atoms with E-state index in [0.717, 1.165) is 5.57 Å². The molecule has 1 atom stereocenters. The maximum atomic E-state index is 11.0. The molecule has 1 unspecified atom stereocenters. The maximum Gasteiger partial charge on any atom is 0.334 e. The van der Waals surface area contributed by atoms with Crippen LogP contribution in [0.25, 0.3) is 0 Å². The quantitative estimate of drug-likeness (QED) is 0.667. The summed E-state index contributed by atoms with van der Waals surface area (Å²) in [5, 5.41) is 8.46. The number of aliphatic carboxylic acids is 1. The number of hydrogen-bond donors (Lipinski definition) is 1. The summed E-state index contributed by atoms with van der Waals surface area (Å²) in [5.41, 5.74) is 1.38. The van der Waals surface area contributed by atoms with E-state index in [-0.39, 0.29) is 18.5 Å². The third kappa shape index (κ3) is 2.08. The zero-order valence-corrected chi connectivity index (χ0v) is 7.66. The predicted molar refractivity (Wildman–Crippen MR) is 45.1 cm³/mol. The van der Waals surface area contributed by atoms with Crippen LogP contribution in [0.4, 0.5) is 0 Å². The molecule has 13 heavy (non-hydrogen) atoms.